The van der Waals surface area contributed by atoms with Gasteiger partial charge in [0.25, 0.3) is 0 Å². The van der Waals surface area contributed by atoms with Crippen molar-refractivity contribution in [2.75, 3.05) is 7.11 Å². The molecule has 1 aromatic rings. The Bertz CT molecular complexity index is 341. The van der Waals surface area contributed by atoms with Gasteiger partial charge in [-0.3, -0.25) is 4.84 Å². The Morgan fingerprint density at radius 3 is 2.79 bits per heavy atom. The first-order chi connectivity index (χ1) is 6.69. The second-order valence-corrected chi connectivity index (χ2v) is 2.62. The lowest BCUT2D eigenvalue weighted by molar-refractivity contribution is 0.0595. The van der Waals surface area contributed by atoms with E-state index in [4.69, 9.17) is 5.90 Å². The van der Waals surface area contributed by atoms with E-state index in [0.717, 1.165) is 0 Å². The number of carbonyl (C=O) groups is 1. The smallest absolute Gasteiger partial charge is 0.340 e. The lowest BCUT2D eigenvalue weighted by atomic mass is 10.1. The Kier molecular flexibility index (Phi) is 3.55. The summed E-state index contributed by atoms with van der Waals surface area (Å²) in [6.07, 6.45) is 0. The highest BCUT2D eigenvalue weighted by atomic mass is 19.1. The Morgan fingerprint density at radius 1 is 1.57 bits per heavy atom. The number of nitrogens with two attached hydrogens (primary N) is 1. The zero-order valence-electron chi connectivity index (χ0n) is 7.62. The SMILES string of the molecule is COC(=O)c1ccc(CON)cc1F. The summed E-state index contributed by atoms with van der Waals surface area (Å²) in [5, 5.41) is 0. The molecule has 0 atom stereocenters. The molecule has 0 saturated heterocycles. The third-order valence-electron chi connectivity index (χ3n) is 1.69. The van der Waals surface area contributed by atoms with Crippen LogP contribution in [0.2, 0.25) is 0 Å². The van der Waals surface area contributed by atoms with Crippen LogP contribution in [-0.2, 0) is 16.2 Å². The normalized spacial score (nSPS) is 9.93. The van der Waals surface area contributed by atoms with E-state index in [0.29, 0.717) is 5.56 Å². The van der Waals surface area contributed by atoms with Crippen LogP contribution in [0.3, 0.4) is 0 Å². The number of ether oxygens (including phenoxy) is 1. The van der Waals surface area contributed by atoms with Crippen LogP contribution in [-0.4, -0.2) is 13.1 Å². The molecule has 0 spiro atoms. The molecule has 1 rings (SSSR count). The molecule has 2 N–H and O–H groups in total. The zero-order chi connectivity index (χ0) is 10.6. The van der Waals surface area contributed by atoms with Crippen molar-refractivity contribution in [1.82, 2.24) is 0 Å². The highest BCUT2D eigenvalue weighted by Crippen LogP contribution is 2.11. The third kappa shape index (κ3) is 2.27. The van der Waals surface area contributed by atoms with Crippen LogP contribution in [0.4, 0.5) is 4.39 Å². The minimum atomic E-state index is -0.706. The molecule has 0 fully saturated rings. The summed E-state index contributed by atoms with van der Waals surface area (Å²) in [5.41, 5.74) is 0.450. The molecule has 0 amide bonds. The highest BCUT2D eigenvalue weighted by Gasteiger charge is 2.11. The van der Waals surface area contributed by atoms with Gasteiger partial charge < -0.3 is 4.74 Å². The minimum absolute atomic E-state index is 0.0956. The first-order valence-electron chi connectivity index (χ1n) is 3.87. The first kappa shape index (κ1) is 10.6. The molecular formula is C9H10FNO3. The summed E-state index contributed by atoms with van der Waals surface area (Å²) < 4.78 is 17.6. The zero-order valence-corrected chi connectivity index (χ0v) is 7.62. The van der Waals surface area contributed by atoms with Crippen LogP contribution in [0.25, 0.3) is 0 Å². The largest absolute Gasteiger partial charge is 0.465 e. The van der Waals surface area contributed by atoms with E-state index in [1.165, 1.54) is 19.2 Å². The van der Waals surface area contributed by atoms with Crippen LogP contribution in [0, 0.1) is 5.82 Å². The van der Waals surface area contributed by atoms with Crippen molar-refractivity contribution in [3.8, 4) is 0 Å². The van der Waals surface area contributed by atoms with E-state index in [1.807, 2.05) is 0 Å². The molecule has 0 aromatic heterocycles. The van der Waals surface area contributed by atoms with E-state index >= 15 is 0 Å². The van der Waals surface area contributed by atoms with Crippen molar-refractivity contribution < 1.29 is 18.8 Å². The van der Waals surface area contributed by atoms with Gasteiger partial charge in [-0.25, -0.2) is 15.1 Å². The number of hydrogen-bond donors (Lipinski definition) is 1. The fraction of sp³-hybridized carbons (Fsp3) is 0.222. The Balaban J connectivity index is 2.95. The fourth-order valence-corrected chi connectivity index (χ4v) is 1.02. The van der Waals surface area contributed by atoms with Gasteiger partial charge in [-0.15, -0.1) is 0 Å². The van der Waals surface area contributed by atoms with Gasteiger partial charge in [-0.1, -0.05) is 6.07 Å². The number of esters is 1. The van der Waals surface area contributed by atoms with Gasteiger partial charge in [-0.2, -0.15) is 0 Å². The van der Waals surface area contributed by atoms with Crippen molar-refractivity contribution in [2.24, 2.45) is 5.90 Å². The molecule has 0 radical (unpaired) electrons. The van der Waals surface area contributed by atoms with Crippen molar-refractivity contribution >= 4 is 5.97 Å². The van der Waals surface area contributed by atoms with Crippen LogP contribution >= 0.6 is 0 Å². The van der Waals surface area contributed by atoms with Crippen LogP contribution in [0.1, 0.15) is 15.9 Å². The van der Waals surface area contributed by atoms with Crippen LogP contribution in [0.5, 0.6) is 0 Å². The molecule has 0 aliphatic heterocycles. The van der Waals surface area contributed by atoms with Gasteiger partial charge in [0.15, 0.2) is 0 Å². The summed E-state index contributed by atoms with van der Waals surface area (Å²) in [6, 6.07) is 4.05. The van der Waals surface area contributed by atoms with E-state index < -0.39 is 11.8 Å². The van der Waals surface area contributed by atoms with Gasteiger partial charge in [0.05, 0.1) is 19.3 Å². The number of rotatable bonds is 3. The summed E-state index contributed by atoms with van der Waals surface area (Å²) in [5.74, 6) is 3.47. The Hall–Kier alpha value is -1.46. The maximum absolute atomic E-state index is 13.2. The summed E-state index contributed by atoms with van der Waals surface area (Å²) >= 11 is 0. The minimum Gasteiger partial charge on any atom is -0.465 e. The lowest BCUT2D eigenvalue weighted by Crippen LogP contribution is -2.06. The van der Waals surface area contributed by atoms with Gasteiger partial charge in [0.1, 0.15) is 5.82 Å². The summed E-state index contributed by atoms with van der Waals surface area (Å²) in [6.45, 7) is 0.0956. The molecule has 76 valence electrons. The van der Waals surface area contributed by atoms with Gasteiger partial charge in [0, 0.05) is 0 Å². The molecule has 0 bridgehead atoms. The van der Waals surface area contributed by atoms with E-state index in [2.05, 4.69) is 9.57 Å². The van der Waals surface area contributed by atoms with Crippen LogP contribution in [0.15, 0.2) is 18.2 Å². The highest BCUT2D eigenvalue weighted by molar-refractivity contribution is 5.89. The Labute approximate surface area is 80.4 Å². The van der Waals surface area contributed by atoms with Gasteiger partial charge in [0.2, 0.25) is 0 Å². The maximum atomic E-state index is 13.2. The van der Waals surface area contributed by atoms with Gasteiger partial charge >= 0.3 is 5.97 Å². The first-order valence-corrected chi connectivity index (χ1v) is 3.87. The topological polar surface area (TPSA) is 61.5 Å². The number of hydrogen-bond acceptors (Lipinski definition) is 4. The standard InChI is InChI=1S/C9H10FNO3/c1-13-9(12)7-3-2-6(5-14-11)4-8(7)10/h2-4H,5,11H2,1H3. The molecule has 0 heterocycles. The monoisotopic (exact) mass is 199 g/mol. The number of benzene rings is 1. The maximum Gasteiger partial charge on any atom is 0.340 e. The van der Waals surface area contributed by atoms with Crippen molar-refractivity contribution in [3.05, 3.63) is 35.1 Å². The molecular weight excluding hydrogens is 189 g/mol. The summed E-state index contributed by atoms with van der Waals surface area (Å²) in [4.78, 5) is 15.3. The Morgan fingerprint density at radius 2 is 2.29 bits per heavy atom. The molecule has 0 aliphatic rings. The van der Waals surface area contributed by atoms with E-state index in [9.17, 15) is 9.18 Å². The quantitative estimate of drug-likeness (QED) is 0.582. The summed E-state index contributed by atoms with van der Waals surface area (Å²) in [7, 11) is 1.19. The second kappa shape index (κ2) is 4.69. The lowest BCUT2D eigenvalue weighted by Gasteiger charge is -2.03. The molecule has 0 saturated carbocycles. The van der Waals surface area contributed by atoms with Crippen molar-refractivity contribution in [2.45, 2.75) is 6.61 Å². The molecule has 4 nitrogen and oxygen atoms in total. The average molecular weight is 199 g/mol. The van der Waals surface area contributed by atoms with Crippen molar-refractivity contribution in [1.29, 1.82) is 0 Å². The molecule has 5 heteroatoms. The van der Waals surface area contributed by atoms with E-state index in [-0.39, 0.29) is 12.2 Å². The van der Waals surface area contributed by atoms with Crippen LogP contribution < -0.4 is 5.90 Å². The van der Waals surface area contributed by atoms with Crippen molar-refractivity contribution in [3.63, 3.8) is 0 Å². The van der Waals surface area contributed by atoms with E-state index in [1.54, 1.807) is 6.07 Å². The number of halogens is 1. The molecule has 1 aromatic carbocycles. The number of methoxy groups -OCH3 is 1. The average Bonchev–Trinajstić information content (AvgIpc) is 2.17. The van der Waals surface area contributed by atoms with Gasteiger partial charge in [-0.05, 0) is 17.7 Å². The molecule has 0 aliphatic carbocycles. The predicted molar refractivity (Wildman–Crippen MR) is 46.7 cm³/mol. The predicted octanol–water partition coefficient (Wildman–Crippen LogP) is 1.00. The molecule has 14 heavy (non-hydrogen) atoms. The fourth-order valence-electron chi connectivity index (χ4n) is 1.02. The third-order valence-corrected chi connectivity index (χ3v) is 1.69. The second-order valence-electron chi connectivity index (χ2n) is 2.62. The molecule has 0 unspecified atom stereocenters. The number of carbonyl (C=O) groups excluding carboxylic acids is 1.